The molecule has 0 aliphatic rings. The van der Waals surface area contributed by atoms with E-state index in [1.54, 1.807) is 0 Å². The van der Waals surface area contributed by atoms with Crippen LogP contribution in [0.15, 0.2) is 48.0 Å². The van der Waals surface area contributed by atoms with Crippen molar-refractivity contribution in [3.63, 3.8) is 0 Å². The molecule has 2 aromatic heterocycles. The van der Waals surface area contributed by atoms with E-state index in [9.17, 15) is 0 Å². The fraction of sp³-hybridized carbons (Fsp3) is 0.200. The summed E-state index contributed by atoms with van der Waals surface area (Å²) < 4.78 is 3.65. The van der Waals surface area contributed by atoms with Crippen molar-refractivity contribution in [1.29, 1.82) is 0 Å². The second kappa shape index (κ2) is 4.96. The van der Waals surface area contributed by atoms with Crippen molar-refractivity contribution < 1.29 is 0 Å². The molecule has 0 saturated carbocycles. The molecule has 2 nitrogen and oxygen atoms in total. The summed E-state index contributed by atoms with van der Waals surface area (Å²) in [4.78, 5) is 0. The van der Waals surface area contributed by atoms with Crippen molar-refractivity contribution in [3.8, 4) is 0 Å². The van der Waals surface area contributed by atoms with Crippen molar-refractivity contribution >= 4 is 21.4 Å². The predicted molar refractivity (Wildman–Crippen MR) is 78.1 cm³/mol. The van der Waals surface area contributed by atoms with Crippen LogP contribution in [0, 0.1) is 0 Å². The number of hydrogen-bond donors (Lipinski definition) is 1. The standard InChI is InChI=1S/C15H16N2S/c16-8-7-13-4-3-9-17(13)10-12-11-18-15-6-2-1-5-14(12)15/h1-6,9,11H,7-8,10,16H2. The fourth-order valence-corrected chi connectivity index (χ4v) is 3.27. The van der Waals surface area contributed by atoms with Gasteiger partial charge in [0, 0.05) is 23.1 Å². The number of nitrogens with two attached hydrogens (primary N) is 1. The van der Waals surface area contributed by atoms with Gasteiger partial charge in [0.05, 0.1) is 0 Å². The average Bonchev–Trinajstić information content (AvgIpc) is 2.99. The predicted octanol–water partition coefficient (Wildman–Crippen LogP) is 3.25. The zero-order chi connectivity index (χ0) is 12.4. The third-order valence-corrected chi connectivity index (χ3v) is 4.24. The van der Waals surface area contributed by atoms with Gasteiger partial charge < -0.3 is 10.3 Å². The number of rotatable bonds is 4. The average molecular weight is 256 g/mol. The van der Waals surface area contributed by atoms with E-state index in [1.807, 2.05) is 11.3 Å². The van der Waals surface area contributed by atoms with Crippen LogP contribution in [0.5, 0.6) is 0 Å². The van der Waals surface area contributed by atoms with Crippen molar-refractivity contribution in [2.45, 2.75) is 13.0 Å². The van der Waals surface area contributed by atoms with E-state index in [4.69, 9.17) is 5.73 Å². The Labute approximate surface area is 111 Å². The minimum atomic E-state index is 0.703. The Hall–Kier alpha value is -1.58. The number of nitrogens with zero attached hydrogens (tertiary/aromatic N) is 1. The van der Waals surface area contributed by atoms with Crippen LogP contribution >= 0.6 is 11.3 Å². The fourth-order valence-electron chi connectivity index (χ4n) is 2.32. The second-order valence-corrected chi connectivity index (χ2v) is 5.33. The Morgan fingerprint density at radius 3 is 2.89 bits per heavy atom. The summed E-state index contributed by atoms with van der Waals surface area (Å²) in [6.07, 6.45) is 3.08. The zero-order valence-corrected chi connectivity index (χ0v) is 11.0. The van der Waals surface area contributed by atoms with E-state index in [-0.39, 0.29) is 0 Å². The Bertz CT molecular complexity index is 651. The van der Waals surface area contributed by atoms with Gasteiger partial charge in [0.15, 0.2) is 0 Å². The third-order valence-electron chi connectivity index (χ3n) is 3.23. The monoisotopic (exact) mass is 256 g/mol. The Balaban J connectivity index is 1.94. The lowest BCUT2D eigenvalue weighted by atomic mass is 10.2. The number of thiophene rings is 1. The van der Waals surface area contributed by atoms with Gasteiger partial charge in [0.25, 0.3) is 0 Å². The van der Waals surface area contributed by atoms with Gasteiger partial charge in [-0.1, -0.05) is 18.2 Å². The maximum Gasteiger partial charge on any atom is 0.0487 e. The van der Waals surface area contributed by atoms with Gasteiger partial charge in [0.1, 0.15) is 0 Å². The summed E-state index contributed by atoms with van der Waals surface area (Å²) >= 11 is 1.82. The summed E-state index contributed by atoms with van der Waals surface area (Å²) in [5.41, 5.74) is 8.35. The number of hydrogen-bond acceptors (Lipinski definition) is 2. The minimum absolute atomic E-state index is 0.703. The SMILES string of the molecule is NCCc1cccn1Cc1csc2ccccc12. The van der Waals surface area contributed by atoms with E-state index in [1.165, 1.54) is 21.3 Å². The molecule has 3 heteroatoms. The van der Waals surface area contributed by atoms with Gasteiger partial charge in [-0.05, 0) is 47.5 Å². The quantitative estimate of drug-likeness (QED) is 0.763. The maximum absolute atomic E-state index is 5.64. The number of aromatic nitrogens is 1. The van der Waals surface area contributed by atoms with Crippen LogP contribution in [-0.4, -0.2) is 11.1 Å². The van der Waals surface area contributed by atoms with Gasteiger partial charge >= 0.3 is 0 Å². The molecule has 2 N–H and O–H groups in total. The summed E-state index contributed by atoms with van der Waals surface area (Å²) in [6, 6.07) is 12.8. The lowest BCUT2D eigenvalue weighted by Crippen LogP contribution is -2.09. The van der Waals surface area contributed by atoms with Gasteiger partial charge in [-0.2, -0.15) is 0 Å². The van der Waals surface area contributed by atoms with E-state index >= 15 is 0 Å². The molecule has 18 heavy (non-hydrogen) atoms. The first-order chi connectivity index (χ1) is 8.88. The van der Waals surface area contributed by atoms with Gasteiger partial charge in [-0.3, -0.25) is 0 Å². The van der Waals surface area contributed by atoms with Crippen LogP contribution in [0.25, 0.3) is 10.1 Å². The molecule has 0 spiro atoms. The normalized spacial score (nSPS) is 11.2. The van der Waals surface area contributed by atoms with Crippen LogP contribution in [0.4, 0.5) is 0 Å². The van der Waals surface area contributed by atoms with Gasteiger partial charge in [0.2, 0.25) is 0 Å². The molecule has 3 aromatic rings. The highest BCUT2D eigenvalue weighted by atomic mass is 32.1. The molecule has 0 bridgehead atoms. The van der Waals surface area contributed by atoms with E-state index < -0.39 is 0 Å². The first kappa shape index (κ1) is 11.5. The molecule has 0 saturated heterocycles. The van der Waals surface area contributed by atoms with Gasteiger partial charge in [-0.15, -0.1) is 11.3 Å². The lowest BCUT2D eigenvalue weighted by Gasteiger charge is -2.07. The van der Waals surface area contributed by atoms with Crippen molar-refractivity contribution in [2.24, 2.45) is 5.73 Å². The molecule has 0 fully saturated rings. The first-order valence-electron chi connectivity index (χ1n) is 6.17. The largest absolute Gasteiger partial charge is 0.347 e. The zero-order valence-electron chi connectivity index (χ0n) is 10.2. The molecular weight excluding hydrogens is 240 g/mol. The molecule has 0 atom stereocenters. The number of benzene rings is 1. The smallest absolute Gasteiger partial charge is 0.0487 e. The van der Waals surface area contributed by atoms with Crippen molar-refractivity contribution in [3.05, 3.63) is 59.2 Å². The molecule has 92 valence electrons. The molecule has 1 aromatic carbocycles. The molecule has 0 amide bonds. The van der Waals surface area contributed by atoms with Crippen molar-refractivity contribution in [1.82, 2.24) is 4.57 Å². The summed E-state index contributed by atoms with van der Waals surface area (Å²) in [5, 5.41) is 3.63. The van der Waals surface area contributed by atoms with Crippen LogP contribution in [0.3, 0.4) is 0 Å². The molecule has 3 rings (SSSR count). The summed E-state index contributed by atoms with van der Waals surface area (Å²) in [7, 11) is 0. The van der Waals surface area contributed by atoms with E-state index in [2.05, 4.69) is 52.5 Å². The molecular formula is C15H16N2S. The summed E-state index contributed by atoms with van der Waals surface area (Å²) in [6.45, 7) is 1.64. The number of fused-ring (bicyclic) bond motifs is 1. The molecule has 0 radical (unpaired) electrons. The second-order valence-electron chi connectivity index (χ2n) is 4.42. The van der Waals surface area contributed by atoms with Crippen LogP contribution in [-0.2, 0) is 13.0 Å². The lowest BCUT2D eigenvalue weighted by molar-refractivity contribution is 0.741. The van der Waals surface area contributed by atoms with E-state index in [0.29, 0.717) is 6.54 Å². The maximum atomic E-state index is 5.64. The Morgan fingerprint density at radius 2 is 2.00 bits per heavy atom. The van der Waals surface area contributed by atoms with Crippen LogP contribution in [0.2, 0.25) is 0 Å². The molecule has 0 unspecified atom stereocenters. The topological polar surface area (TPSA) is 30.9 Å². The van der Waals surface area contributed by atoms with Crippen LogP contribution in [0.1, 0.15) is 11.3 Å². The first-order valence-corrected chi connectivity index (χ1v) is 7.05. The Kier molecular flexibility index (Phi) is 3.17. The highest BCUT2D eigenvalue weighted by molar-refractivity contribution is 7.17. The van der Waals surface area contributed by atoms with Crippen LogP contribution < -0.4 is 5.73 Å². The molecule has 2 heterocycles. The van der Waals surface area contributed by atoms with Gasteiger partial charge in [-0.25, -0.2) is 0 Å². The van der Waals surface area contributed by atoms with Crippen molar-refractivity contribution in [2.75, 3.05) is 6.54 Å². The summed E-state index contributed by atoms with van der Waals surface area (Å²) in [5.74, 6) is 0. The third kappa shape index (κ3) is 2.07. The van der Waals surface area contributed by atoms with E-state index in [0.717, 1.165) is 13.0 Å². The minimum Gasteiger partial charge on any atom is -0.347 e. The Morgan fingerprint density at radius 1 is 1.11 bits per heavy atom. The molecule has 0 aliphatic heterocycles. The highest BCUT2D eigenvalue weighted by Crippen LogP contribution is 2.26. The highest BCUT2D eigenvalue weighted by Gasteiger charge is 2.06. The molecule has 0 aliphatic carbocycles.